The summed E-state index contributed by atoms with van der Waals surface area (Å²) in [7, 11) is -2.71. The molecular formula is C7H20AlO2PZn. The smallest absolute Gasteiger partial charge is 0.197 e. The summed E-state index contributed by atoms with van der Waals surface area (Å²) in [4.78, 5) is 8.87. The van der Waals surface area contributed by atoms with Gasteiger partial charge in [0.2, 0.25) is 0 Å². The van der Waals surface area contributed by atoms with Crippen molar-refractivity contribution < 1.29 is 28.9 Å². The summed E-state index contributed by atoms with van der Waals surface area (Å²) in [6, 6.07) is 0. The molecule has 0 saturated heterocycles. The number of rotatable bonds is 5. The van der Waals surface area contributed by atoms with Gasteiger partial charge in [0.1, 0.15) is 0 Å². The fraction of sp³-hybridized carbons (Fsp3) is 1.00. The van der Waals surface area contributed by atoms with Gasteiger partial charge in [0.15, 0.2) is 24.7 Å². The van der Waals surface area contributed by atoms with E-state index in [1.165, 1.54) is 19.5 Å². The van der Waals surface area contributed by atoms with E-state index < -0.39 is 7.37 Å². The van der Waals surface area contributed by atoms with Crippen LogP contribution in [0.15, 0.2) is 0 Å². The molecule has 5 heteroatoms. The maximum Gasteiger partial charge on any atom is 0.197 e. The monoisotopic (exact) mass is 258 g/mol. The summed E-state index contributed by atoms with van der Waals surface area (Å²) in [5.41, 5.74) is 0. The average molecular weight is 260 g/mol. The molecule has 0 aliphatic heterocycles. The molecule has 1 atom stereocenters. The first kappa shape index (κ1) is 19.0. The van der Waals surface area contributed by atoms with E-state index in [0.29, 0.717) is 6.16 Å². The standard InChI is InChI=1S/C7H17O2P.Al.Zn.3H/c1-3-4-5-6-7-10(2,8)9;;;;;/h3-7H2,1-2H3,(H,8,9);;;;;. The van der Waals surface area contributed by atoms with E-state index in [1.807, 2.05) is 0 Å². The van der Waals surface area contributed by atoms with Crippen molar-refractivity contribution in [2.24, 2.45) is 0 Å². The third-order valence-corrected chi connectivity index (χ3v) is 2.57. The second-order valence-corrected chi connectivity index (χ2v) is 5.38. The largest absolute Gasteiger partial charge is 0.344 e. The molecule has 0 aromatic rings. The van der Waals surface area contributed by atoms with Crippen LogP contribution >= 0.6 is 7.37 Å². The summed E-state index contributed by atoms with van der Waals surface area (Å²) in [6.45, 7) is 3.56. The van der Waals surface area contributed by atoms with Gasteiger partial charge >= 0.3 is 0 Å². The Morgan fingerprint density at radius 1 is 1.25 bits per heavy atom. The Labute approximate surface area is 98.9 Å². The van der Waals surface area contributed by atoms with E-state index in [-0.39, 0.29) is 36.8 Å². The molecule has 0 amide bonds. The second kappa shape index (κ2) is 10.4. The molecule has 0 radical (unpaired) electrons. The van der Waals surface area contributed by atoms with Gasteiger partial charge in [-0.1, -0.05) is 26.2 Å². The molecule has 1 unspecified atom stereocenters. The van der Waals surface area contributed by atoms with Crippen molar-refractivity contribution in [1.82, 2.24) is 0 Å². The molecule has 70 valence electrons. The van der Waals surface area contributed by atoms with Crippen molar-refractivity contribution in [1.29, 1.82) is 0 Å². The van der Waals surface area contributed by atoms with Crippen LogP contribution in [0.25, 0.3) is 0 Å². The summed E-state index contributed by atoms with van der Waals surface area (Å²) >= 11 is 0. The van der Waals surface area contributed by atoms with Gasteiger partial charge in [-0.3, -0.25) is 4.57 Å². The molecule has 0 rings (SSSR count). The van der Waals surface area contributed by atoms with Crippen molar-refractivity contribution in [2.45, 2.75) is 32.6 Å². The van der Waals surface area contributed by atoms with Crippen LogP contribution in [0.3, 0.4) is 0 Å². The normalized spacial score (nSPS) is 13.9. The number of hydrogen-bond acceptors (Lipinski definition) is 1. The van der Waals surface area contributed by atoms with Gasteiger partial charge < -0.3 is 4.89 Å². The quantitative estimate of drug-likeness (QED) is 0.459. The Balaban J connectivity index is -0.000000405. The second-order valence-electron chi connectivity index (χ2n) is 2.84. The number of unbranched alkanes of at least 4 members (excludes halogenated alkanes) is 3. The van der Waals surface area contributed by atoms with Gasteiger partial charge in [-0.25, -0.2) is 0 Å². The Kier molecular flexibility index (Phi) is 16.5. The van der Waals surface area contributed by atoms with Crippen LogP contribution in [0.5, 0.6) is 0 Å². The van der Waals surface area contributed by atoms with Crippen molar-refractivity contribution >= 4 is 24.7 Å². The van der Waals surface area contributed by atoms with Crippen LogP contribution in [0.2, 0.25) is 0 Å². The molecule has 0 fully saturated rings. The van der Waals surface area contributed by atoms with E-state index in [1.54, 1.807) is 0 Å². The summed E-state index contributed by atoms with van der Waals surface area (Å²) < 4.78 is 10.7. The van der Waals surface area contributed by atoms with E-state index in [2.05, 4.69) is 6.92 Å². The molecule has 12 heavy (non-hydrogen) atoms. The zero-order valence-corrected chi connectivity index (χ0v) is 11.4. The van der Waals surface area contributed by atoms with Gasteiger partial charge in [0.25, 0.3) is 0 Å². The molecule has 0 aliphatic carbocycles. The molecule has 0 aromatic carbocycles. The fourth-order valence-electron chi connectivity index (χ4n) is 0.832. The van der Waals surface area contributed by atoms with E-state index in [0.717, 1.165) is 12.8 Å². The van der Waals surface area contributed by atoms with Gasteiger partial charge in [0.05, 0.1) is 0 Å². The first-order valence-corrected chi connectivity index (χ1v) is 6.15. The van der Waals surface area contributed by atoms with Crippen LogP contribution in [0, 0.1) is 0 Å². The molecule has 0 spiro atoms. The van der Waals surface area contributed by atoms with E-state index in [4.69, 9.17) is 4.89 Å². The van der Waals surface area contributed by atoms with Crippen molar-refractivity contribution in [2.75, 3.05) is 12.8 Å². The first-order chi connectivity index (χ1) is 4.56. The zero-order chi connectivity index (χ0) is 8.04. The fourth-order valence-corrected chi connectivity index (χ4v) is 1.64. The van der Waals surface area contributed by atoms with Crippen LogP contribution in [-0.2, 0) is 24.0 Å². The Morgan fingerprint density at radius 2 is 1.75 bits per heavy atom. The molecule has 0 aliphatic rings. The first-order valence-electron chi connectivity index (χ1n) is 3.85. The van der Waals surface area contributed by atoms with Gasteiger partial charge in [0, 0.05) is 32.3 Å². The number of hydrogen-bond donors (Lipinski definition) is 1. The molecular weight excluding hydrogens is 239 g/mol. The SMILES string of the molecule is CCCCCCP(C)(=O)O.[AlH3].[Zn]. The van der Waals surface area contributed by atoms with Crippen molar-refractivity contribution in [3.63, 3.8) is 0 Å². The maximum absolute atomic E-state index is 10.7. The van der Waals surface area contributed by atoms with Crippen LogP contribution in [-0.4, -0.2) is 35.1 Å². The van der Waals surface area contributed by atoms with E-state index >= 15 is 0 Å². The Morgan fingerprint density at radius 3 is 2.08 bits per heavy atom. The molecule has 1 N–H and O–H groups in total. The minimum absolute atomic E-state index is 0. The molecule has 0 saturated carbocycles. The van der Waals surface area contributed by atoms with Crippen molar-refractivity contribution in [3.05, 3.63) is 0 Å². The maximum atomic E-state index is 10.7. The van der Waals surface area contributed by atoms with Crippen LogP contribution in [0.4, 0.5) is 0 Å². The minimum atomic E-state index is -2.71. The van der Waals surface area contributed by atoms with E-state index in [9.17, 15) is 4.57 Å². The predicted molar refractivity (Wildman–Crippen MR) is 54.7 cm³/mol. The topological polar surface area (TPSA) is 37.3 Å². The molecule has 0 bridgehead atoms. The zero-order valence-electron chi connectivity index (χ0n) is 7.55. The predicted octanol–water partition coefficient (Wildman–Crippen LogP) is 1.28. The summed E-state index contributed by atoms with van der Waals surface area (Å²) in [5.74, 6) is 0. The average Bonchev–Trinajstić information content (AvgIpc) is 1.78. The third-order valence-electron chi connectivity index (χ3n) is 1.43. The van der Waals surface area contributed by atoms with Gasteiger partial charge in [-0.15, -0.1) is 0 Å². The molecule has 0 heterocycles. The summed E-state index contributed by atoms with van der Waals surface area (Å²) in [5, 5.41) is 0. The third kappa shape index (κ3) is 17.4. The minimum Gasteiger partial charge on any atom is -0.344 e. The molecule has 2 nitrogen and oxygen atoms in total. The van der Waals surface area contributed by atoms with Gasteiger partial charge in [-0.05, 0) is 6.42 Å². The van der Waals surface area contributed by atoms with Crippen LogP contribution in [0.1, 0.15) is 32.6 Å². The van der Waals surface area contributed by atoms with Crippen molar-refractivity contribution in [3.8, 4) is 0 Å². The van der Waals surface area contributed by atoms with Crippen LogP contribution < -0.4 is 0 Å². The Bertz CT molecular complexity index is 127. The molecule has 0 aromatic heterocycles. The van der Waals surface area contributed by atoms with Gasteiger partial charge in [-0.2, -0.15) is 0 Å². The Hall–Kier alpha value is 1.35. The summed E-state index contributed by atoms with van der Waals surface area (Å²) in [6.07, 6.45) is 4.85.